The van der Waals surface area contributed by atoms with Crippen LogP contribution >= 0.6 is 0 Å². The first-order chi connectivity index (χ1) is 6.80. The molecule has 0 aromatic heterocycles. The van der Waals surface area contributed by atoms with Gasteiger partial charge in [0.1, 0.15) is 0 Å². The average molecular weight is 209 g/mol. The highest BCUT2D eigenvalue weighted by molar-refractivity contribution is 5.95. The van der Waals surface area contributed by atoms with E-state index in [1.54, 1.807) is 0 Å². The molecular formula is C13H23NO. The molecular weight excluding hydrogens is 186 g/mol. The standard InChI is InChI=1S/C13H23NO/c1-13(2,3)11-6-7-12(15)10(8-11)9-14(4)5/h9,11H,6-8H2,1-5H3/b10-9-/t11-/m1/s1. The lowest BCUT2D eigenvalue weighted by molar-refractivity contribution is -0.117. The number of ketones is 1. The number of rotatable bonds is 1. The summed E-state index contributed by atoms with van der Waals surface area (Å²) < 4.78 is 0. The second-order valence-corrected chi connectivity index (χ2v) is 5.85. The van der Waals surface area contributed by atoms with Gasteiger partial charge in [0.05, 0.1) is 0 Å². The van der Waals surface area contributed by atoms with E-state index in [1.165, 1.54) is 0 Å². The van der Waals surface area contributed by atoms with Crippen LogP contribution in [-0.2, 0) is 4.79 Å². The fourth-order valence-corrected chi connectivity index (χ4v) is 2.12. The van der Waals surface area contributed by atoms with Gasteiger partial charge in [0.2, 0.25) is 0 Å². The van der Waals surface area contributed by atoms with E-state index >= 15 is 0 Å². The van der Waals surface area contributed by atoms with Gasteiger partial charge >= 0.3 is 0 Å². The summed E-state index contributed by atoms with van der Waals surface area (Å²) >= 11 is 0. The van der Waals surface area contributed by atoms with Gasteiger partial charge in [-0.2, -0.15) is 0 Å². The first kappa shape index (κ1) is 12.3. The molecule has 0 heterocycles. The smallest absolute Gasteiger partial charge is 0.160 e. The van der Waals surface area contributed by atoms with Gasteiger partial charge in [0.15, 0.2) is 5.78 Å². The Bertz CT molecular complexity index is 271. The molecule has 1 saturated carbocycles. The number of carbonyl (C=O) groups excluding carboxylic acids is 1. The summed E-state index contributed by atoms with van der Waals surface area (Å²) in [7, 11) is 3.95. The molecule has 1 fully saturated rings. The molecule has 0 bridgehead atoms. The number of allylic oxidation sites excluding steroid dienone is 1. The third-order valence-corrected chi connectivity index (χ3v) is 3.18. The maximum Gasteiger partial charge on any atom is 0.160 e. The average Bonchev–Trinajstić information content (AvgIpc) is 2.06. The number of hydrogen-bond acceptors (Lipinski definition) is 2. The molecule has 1 atom stereocenters. The van der Waals surface area contributed by atoms with Crippen molar-refractivity contribution in [2.24, 2.45) is 11.3 Å². The lowest BCUT2D eigenvalue weighted by Crippen LogP contribution is -2.28. The summed E-state index contributed by atoms with van der Waals surface area (Å²) in [5, 5.41) is 0. The summed E-state index contributed by atoms with van der Waals surface area (Å²) in [4.78, 5) is 13.7. The zero-order chi connectivity index (χ0) is 11.6. The molecule has 15 heavy (non-hydrogen) atoms. The van der Waals surface area contributed by atoms with Crippen LogP contribution in [0.3, 0.4) is 0 Å². The zero-order valence-electron chi connectivity index (χ0n) is 10.6. The summed E-state index contributed by atoms with van der Waals surface area (Å²) in [6, 6.07) is 0. The van der Waals surface area contributed by atoms with E-state index in [0.717, 1.165) is 24.8 Å². The number of nitrogens with zero attached hydrogens (tertiary/aromatic N) is 1. The van der Waals surface area contributed by atoms with Crippen LogP contribution in [-0.4, -0.2) is 24.8 Å². The van der Waals surface area contributed by atoms with Crippen molar-refractivity contribution in [2.75, 3.05) is 14.1 Å². The van der Waals surface area contributed by atoms with Crippen molar-refractivity contribution in [3.8, 4) is 0 Å². The molecule has 1 aliphatic carbocycles. The molecule has 0 amide bonds. The maximum absolute atomic E-state index is 11.7. The Morgan fingerprint density at radius 1 is 1.33 bits per heavy atom. The van der Waals surface area contributed by atoms with Crippen molar-refractivity contribution in [3.05, 3.63) is 11.8 Å². The maximum atomic E-state index is 11.7. The molecule has 2 nitrogen and oxygen atoms in total. The predicted octanol–water partition coefficient (Wildman–Crippen LogP) is 2.85. The largest absolute Gasteiger partial charge is 0.383 e. The highest BCUT2D eigenvalue weighted by atomic mass is 16.1. The SMILES string of the molecule is CN(C)/C=C1/C[C@H](C(C)(C)C)CCC1=O. The molecule has 0 N–H and O–H groups in total. The van der Waals surface area contributed by atoms with E-state index in [9.17, 15) is 4.79 Å². The highest BCUT2D eigenvalue weighted by Crippen LogP contribution is 2.38. The minimum atomic E-state index is 0.312. The minimum absolute atomic E-state index is 0.312. The summed E-state index contributed by atoms with van der Waals surface area (Å²) in [5.74, 6) is 0.977. The van der Waals surface area contributed by atoms with Crippen molar-refractivity contribution >= 4 is 5.78 Å². The van der Waals surface area contributed by atoms with Gasteiger partial charge < -0.3 is 4.90 Å². The molecule has 2 heteroatoms. The van der Waals surface area contributed by atoms with Crippen molar-refractivity contribution in [3.63, 3.8) is 0 Å². The van der Waals surface area contributed by atoms with E-state index in [1.807, 2.05) is 25.2 Å². The van der Waals surface area contributed by atoms with Gasteiger partial charge in [-0.1, -0.05) is 20.8 Å². The van der Waals surface area contributed by atoms with Crippen LogP contribution in [0.2, 0.25) is 0 Å². The van der Waals surface area contributed by atoms with Crippen LogP contribution < -0.4 is 0 Å². The predicted molar refractivity (Wildman–Crippen MR) is 63.6 cm³/mol. The van der Waals surface area contributed by atoms with Crippen LogP contribution in [0.15, 0.2) is 11.8 Å². The lowest BCUT2D eigenvalue weighted by Gasteiger charge is -2.34. The molecule has 86 valence electrons. The highest BCUT2D eigenvalue weighted by Gasteiger charge is 2.31. The number of hydrogen-bond donors (Lipinski definition) is 0. The second kappa shape index (κ2) is 4.38. The van der Waals surface area contributed by atoms with E-state index in [0.29, 0.717) is 17.1 Å². The second-order valence-electron chi connectivity index (χ2n) is 5.85. The van der Waals surface area contributed by atoms with Gasteiger partial charge in [-0.25, -0.2) is 0 Å². The van der Waals surface area contributed by atoms with Gasteiger partial charge in [0, 0.05) is 32.3 Å². The fraction of sp³-hybridized carbons (Fsp3) is 0.769. The van der Waals surface area contributed by atoms with E-state index in [2.05, 4.69) is 20.8 Å². The van der Waals surface area contributed by atoms with Gasteiger partial charge in [-0.15, -0.1) is 0 Å². The molecule has 0 radical (unpaired) electrons. The molecule has 0 unspecified atom stereocenters. The van der Waals surface area contributed by atoms with Gasteiger partial charge in [-0.05, 0) is 24.2 Å². The van der Waals surface area contributed by atoms with Crippen LogP contribution in [0.25, 0.3) is 0 Å². The third kappa shape index (κ3) is 3.37. The quantitative estimate of drug-likeness (QED) is 0.619. The first-order valence-electron chi connectivity index (χ1n) is 5.71. The van der Waals surface area contributed by atoms with Crippen molar-refractivity contribution in [1.82, 2.24) is 4.90 Å². The Kier molecular flexibility index (Phi) is 3.58. The number of carbonyl (C=O) groups is 1. The van der Waals surface area contributed by atoms with E-state index in [-0.39, 0.29) is 0 Å². The molecule has 1 aliphatic rings. The zero-order valence-corrected chi connectivity index (χ0v) is 10.6. The monoisotopic (exact) mass is 209 g/mol. The molecule has 0 aromatic rings. The topological polar surface area (TPSA) is 20.3 Å². The minimum Gasteiger partial charge on any atom is -0.383 e. The van der Waals surface area contributed by atoms with Crippen LogP contribution in [0.5, 0.6) is 0 Å². The van der Waals surface area contributed by atoms with Crippen LogP contribution in [0.4, 0.5) is 0 Å². The normalized spacial score (nSPS) is 25.8. The first-order valence-corrected chi connectivity index (χ1v) is 5.71. The molecule has 0 saturated heterocycles. The molecule has 0 aromatic carbocycles. The Labute approximate surface area is 93.3 Å². The molecule has 1 rings (SSSR count). The summed E-state index contributed by atoms with van der Waals surface area (Å²) in [6.45, 7) is 6.79. The Morgan fingerprint density at radius 3 is 2.40 bits per heavy atom. The summed E-state index contributed by atoms with van der Waals surface area (Å²) in [6.07, 6.45) is 4.70. The Balaban J connectivity index is 2.77. The van der Waals surface area contributed by atoms with Crippen molar-refractivity contribution < 1.29 is 4.79 Å². The Hall–Kier alpha value is -0.790. The van der Waals surface area contributed by atoms with E-state index < -0.39 is 0 Å². The summed E-state index contributed by atoms with van der Waals surface area (Å²) in [5.41, 5.74) is 1.32. The third-order valence-electron chi connectivity index (χ3n) is 3.18. The molecule has 0 aliphatic heterocycles. The van der Waals surface area contributed by atoms with Gasteiger partial charge in [0.25, 0.3) is 0 Å². The fourth-order valence-electron chi connectivity index (χ4n) is 2.12. The van der Waals surface area contributed by atoms with Crippen LogP contribution in [0, 0.1) is 11.3 Å². The number of Topliss-reactive ketones (excluding diaryl/α,β-unsaturated/α-hetero) is 1. The van der Waals surface area contributed by atoms with E-state index in [4.69, 9.17) is 0 Å². The Morgan fingerprint density at radius 2 is 1.93 bits per heavy atom. The lowest BCUT2D eigenvalue weighted by atomic mass is 9.71. The van der Waals surface area contributed by atoms with Crippen molar-refractivity contribution in [2.45, 2.75) is 40.0 Å². The van der Waals surface area contributed by atoms with Gasteiger partial charge in [-0.3, -0.25) is 4.79 Å². The van der Waals surface area contributed by atoms with Crippen molar-refractivity contribution in [1.29, 1.82) is 0 Å². The molecule has 0 spiro atoms. The van der Waals surface area contributed by atoms with Crippen LogP contribution in [0.1, 0.15) is 40.0 Å².